The molecular formula is C22H28O7S2. The number of aliphatic hydroxyl groups is 1. The summed E-state index contributed by atoms with van der Waals surface area (Å²) in [7, 11) is 7.98. The maximum Gasteiger partial charge on any atom is 0.206 e. The van der Waals surface area contributed by atoms with Crippen molar-refractivity contribution in [1.29, 1.82) is 0 Å². The summed E-state index contributed by atoms with van der Waals surface area (Å²) in [5.74, 6) is 4.23. The van der Waals surface area contributed by atoms with Gasteiger partial charge in [-0.25, -0.2) is 0 Å². The molecule has 1 aliphatic heterocycles. The van der Waals surface area contributed by atoms with E-state index in [-0.39, 0.29) is 9.83 Å². The first-order chi connectivity index (χ1) is 14.9. The molecule has 7 nitrogen and oxygen atoms in total. The smallest absolute Gasteiger partial charge is 0.206 e. The Kier molecular flexibility index (Phi) is 7.96. The second-order valence-corrected chi connectivity index (χ2v) is 9.47. The SMILES string of the molecule is COc1cc(C2CSC(c3cc(OC)c(OC(C)O)c(OC)c3)S2)cc(OC)c1OC. The molecule has 3 unspecified atom stereocenters. The Morgan fingerprint density at radius 3 is 1.71 bits per heavy atom. The minimum Gasteiger partial charge on any atom is -0.493 e. The molecule has 1 fully saturated rings. The van der Waals surface area contributed by atoms with Gasteiger partial charge < -0.3 is 33.5 Å². The fourth-order valence-corrected chi connectivity index (χ4v) is 6.62. The molecule has 3 atom stereocenters. The van der Waals surface area contributed by atoms with Gasteiger partial charge >= 0.3 is 0 Å². The van der Waals surface area contributed by atoms with Crippen LogP contribution >= 0.6 is 23.5 Å². The standard InChI is InChI=1S/C22H28O7S2/c1-12(23)29-21-17(26-4)9-14(10-18(21)27-5)22-30-11-19(31-22)13-7-15(24-2)20(28-6)16(8-13)25-3/h7-10,12,19,22-23H,11H2,1-6H3. The van der Waals surface area contributed by atoms with Gasteiger partial charge in [-0.2, -0.15) is 0 Å². The van der Waals surface area contributed by atoms with E-state index in [0.29, 0.717) is 34.5 Å². The summed E-state index contributed by atoms with van der Waals surface area (Å²) < 4.78 is 33.1. The summed E-state index contributed by atoms with van der Waals surface area (Å²) in [6, 6.07) is 7.87. The van der Waals surface area contributed by atoms with Crippen molar-refractivity contribution in [3.8, 4) is 34.5 Å². The Bertz CT molecular complexity index is 853. The predicted octanol–water partition coefficient (Wildman–Crippen LogP) is 4.67. The van der Waals surface area contributed by atoms with E-state index in [1.54, 1.807) is 35.5 Å². The number of rotatable bonds is 9. The van der Waals surface area contributed by atoms with Gasteiger partial charge in [-0.05, 0) is 42.3 Å². The summed E-state index contributed by atoms with van der Waals surface area (Å²) in [6.45, 7) is 1.54. The quantitative estimate of drug-likeness (QED) is 0.529. The minimum absolute atomic E-state index is 0.174. The highest BCUT2D eigenvalue weighted by Gasteiger charge is 2.31. The van der Waals surface area contributed by atoms with Crippen molar-refractivity contribution in [3.63, 3.8) is 0 Å². The van der Waals surface area contributed by atoms with Gasteiger partial charge in [0.1, 0.15) is 0 Å². The minimum atomic E-state index is -0.978. The van der Waals surface area contributed by atoms with E-state index in [4.69, 9.17) is 28.4 Å². The Morgan fingerprint density at radius 1 is 0.774 bits per heavy atom. The summed E-state index contributed by atoms with van der Waals surface area (Å²) in [5.41, 5.74) is 2.17. The molecule has 1 saturated heterocycles. The first-order valence-corrected chi connectivity index (χ1v) is 11.6. The zero-order valence-electron chi connectivity index (χ0n) is 18.5. The number of aliphatic hydroxyl groups excluding tert-OH is 1. The Morgan fingerprint density at radius 2 is 1.26 bits per heavy atom. The average molecular weight is 469 g/mol. The van der Waals surface area contributed by atoms with E-state index < -0.39 is 6.29 Å². The van der Waals surface area contributed by atoms with Gasteiger partial charge in [0.05, 0.1) is 40.1 Å². The molecule has 2 aromatic carbocycles. The van der Waals surface area contributed by atoms with Crippen LogP contribution in [0, 0.1) is 0 Å². The maximum atomic E-state index is 9.64. The Balaban J connectivity index is 1.89. The van der Waals surface area contributed by atoms with Gasteiger partial charge in [-0.1, -0.05) is 0 Å². The number of ether oxygens (including phenoxy) is 6. The van der Waals surface area contributed by atoms with E-state index >= 15 is 0 Å². The van der Waals surface area contributed by atoms with Crippen LogP contribution in [0.15, 0.2) is 24.3 Å². The molecule has 3 rings (SSSR count). The molecule has 0 aromatic heterocycles. The molecule has 9 heteroatoms. The lowest BCUT2D eigenvalue weighted by Crippen LogP contribution is -2.11. The van der Waals surface area contributed by atoms with Crippen molar-refractivity contribution in [2.24, 2.45) is 0 Å². The number of methoxy groups -OCH3 is 5. The summed E-state index contributed by atoms with van der Waals surface area (Å²) in [6.07, 6.45) is -0.978. The lowest BCUT2D eigenvalue weighted by molar-refractivity contribution is -0.00389. The van der Waals surface area contributed by atoms with Crippen LogP contribution in [0.2, 0.25) is 0 Å². The maximum absolute atomic E-state index is 9.64. The van der Waals surface area contributed by atoms with Crippen LogP contribution in [-0.2, 0) is 0 Å². The van der Waals surface area contributed by atoms with Gasteiger partial charge in [-0.15, -0.1) is 23.5 Å². The van der Waals surface area contributed by atoms with E-state index in [0.717, 1.165) is 16.9 Å². The van der Waals surface area contributed by atoms with Crippen LogP contribution in [0.3, 0.4) is 0 Å². The molecule has 0 spiro atoms. The zero-order valence-corrected chi connectivity index (χ0v) is 20.1. The van der Waals surface area contributed by atoms with Crippen molar-refractivity contribution in [2.45, 2.75) is 23.0 Å². The van der Waals surface area contributed by atoms with Crippen molar-refractivity contribution >= 4 is 23.5 Å². The number of hydrogen-bond acceptors (Lipinski definition) is 9. The number of benzene rings is 2. The molecule has 1 N–H and O–H groups in total. The van der Waals surface area contributed by atoms with E-state index in [2.05, 4.69) is 0 Å². The van der Waals surface area contributed by atoms with Gasteiger partial charge in [-0.3, -0.25) is 0 Å². The molecule has 0 bridgehead atoms. The van der Waals surface area contributed by atoms with E-state index in [9.17, 15) is 5.11 Å². The van der Waals surface area contributed by atoms with Crippen LogP contribution in [-0.4, -0.2) is 52.7 Å². The molecule has 0 radical (unpaired) electrons. The molecule has 31 heavy (non-hydrogen) atoms. The summed E-state index contributed by atoms with van der Waals surface area (Å²) in [4.78, 5) is 0. The lowest BCUT2D eigenvalue weighted by atomic mass is 10.1. The molecule has 170 valence electrons. The highest BCUT2D eigenvalue weighted by atomic mass is 32.2. The van der Waals surface area contributed by atoms with Crippen molar-refractivity contribution in [3.05, 3.63) is 35.4 Å². The van der Waals surface area contributed by atoms with Gasteiger partial charge in [0.15, 0.2) is 29.3 Å². The highest BCUT2D eigenvalue weighted by molar-refractivity contribution is 8.19. The van der Waals surface area contributed by atoms with E-state index in [1.807, 2.05) is 47.8 Å². The van der Waals surface area contributed by atoms with Crippen molar-refractivity contribution < 1.29 is 33.5 Å². The average Bonchev–Trinajstić information content (AvgIpc) is 3.28. The second kappa shape index (κ2) is 10.5. The monoisotopic (exact) mass is 468 g/mol. The third kappa shape index (κ3) is 5.05. The van der Waals surface area contributed by atoms with E-state index in [1.165, 1.54) is 6.92 Å². The first kappa shape index (κ1) is 23.6. The predicted molar refractivity (Wildman–Crippen MR) is 123 cm³/mol. The van der Waals surface area contributed by atoms with Crippen LogP contribution in [0.1, 0.15) is 27.9 Å². The molecular weight excluding hydrogens is 440 g/mol. The first-order valence-electron chi connectivity index (χ1n) is 9.63. The lowest BCUT2D eigenvalue weighted by Gasteiger charge is -2.19. The fourth-order valence-electron chi connectivity index (χ4n) is 3.36. The third-order valence-corrected chi connectivity index (χ3v) is 8.13. The number of hydrogen-bond donors (Lipinski definition) is 1. The van der Waals surface area contributed by atoms with Crippen LogP contribution in [0.25, 0.3) is 0 Å². The van der Waals surface area contributed by atoms with Crippen molar-refractivity contribution in [2.75, 3.05) is 41.3 Å². The van der Waals surface area contributed by atoms with Gasteiger partial charge in [0, 0.05) is 11.0 Å². The second-order valence-electron chi connectivity index (χ2n) is 6.72. The molecule has 1 aliphatic rings. The van der Waals surface area contributed by atoms with Crippen LogP contribution in [0.4, 0.5) is 0 Å². The normalized spacial score (nSPS) is 18.9. The van der Waals surface area contributed by atoms with Gasteiger partial charge in [0.25, 0.3) is 0 Å². The zero-order chi connectivity index (χ0) is 22.5. The summed E-state index contributed by atoms with van der Waals surface area (Å²) in [5, 5.41) is 9.88. The highest BCUT2D eigenvalue weighted by Crippen LogP contribution is 2.58. The molecule has 0 aliphatic carbocycles. The largest absolute Gasteiger partial charge is 0.493 e. The Labute approximate surface area is 191 Å². The molecule has 1 heterocycles. The molecule has 0 saturated carbocycles. The molecule has 0 amide bonds. The third-order valence-electron chi connectivity index (χ3n) is 4.79. The van der Waals surface area contributed by atoms with Crippen molar-refractivity contribution in [1.82, 2.24) is 0 Å². The molecule has 2 aromatic rings. The Hall–Kier alpha value is -2.10. The van der Waals surface area contributed by atoms with Crippen LogP contribution in [0.5, 0.6) is 34.5 Å². The van der Waals surface area contributed by atoms with Gasteiger partial charge in [0.2, 0.25) is 11.5 Å². The topological polar surface area (TPSA) is 75.6 Å². The number of thioether (sulfide) groups is 2. The fraction of sp³-hybridized carbons (Fsp3) is 0.455. The summed E-state index contributed by atoms with van der Waals surface area (Å²) >= 11 is 3.68. The van der Waals surface area contributed by atoms with Crippen LogP contribution < -0.4 is 28.4 Å².